The third kappa shape index (κ3) is 2.14. The largest absolute Gasteiger partial charge is 0.493 e. The molecule has 0 bridgehead atoms. The molecule has 1 aromatic heterocycles. The average molecular weight is 289 g/mol. The lowest BCUT2D eigenvalue weighted by molar-refractivity contribution is -0.116. The highest BCUT2D eigenvalue weighted by molar-refractivity contribution is 7.10. The number of fused-ring (bicyclic) bond motifs is 1. The Hall–Kier alpha value is -2.01. The fourth-order valence-corrected chi connectivity index (χ4v) is 3.49. The predicted octanol–water partition coefficient (Wildman–Crippen LogP) is 3.24. The van der Waals surface area contributed by atoms with Crippen molar-refractivity contribution in [2.45, 2.75) is 12.3 Å². The zero-order valence-corrected chi connectivity index (χ0v) is 12.1. The summed E-state index contributed by atoms with van der Waals surface area (Å²) in [6.07, 6.45) is 0.461. The zero-order valence-electron chi connectivity index (χ0n) is 11.3. The van der Waals surface area contributed by atoms with Crippen LogP contribution in [0.3, 0.4) is 0 Å². The lowest BCUT2D eigenvalue weighted by Gasteiger charge is -2.23. The van der Waals surface area contributed by atoms with Crippen molar-refractivity contribution in [3.63, 3.8) is 0 Å². The van der Waals surface area contributed by atoms with Gasteiger partial charge in [-0.15, -0.1) is 11.3 Å². The van der Waals surface area contributed by atoms with Crippen LogP contribution in [0.2, 0.25) is 0 Å². The van der Waals surface area contributed by atoms with Crippen molar-refractivity contribution < 1.29 is 14.3 Å². The number of carbonyl (C=O) groups is 1. The summed E-state index contributed by atoms with van der Waals surface area (Å²) in [6, 6.07) is 7.78. The van der Waals surface area contributed by atoms with E-state index in [2.05, 4.69) is 5.32 Å². The van der Waals surface area contributed by atoms with Crippen LogP contribution in [-0.2, 0) is 4.79 Å². The van der Waals surface area contributed by atoms with Crippen LogP contribution in [0.15, 0.2) is 29.6 Å². The molecule has 0 saturated heterocycles. The highest BCUT2D eigenvalue weighted by atomic mass is 32.1. The first kappa shape index (κ1) is 13.0. The molecule has 0 aliphatic carbocycles. The fourth-order valence-electron chi connectivity index (χ4n) is 2.51. The molecule has 0 spiro atoms. The van der Waals surface area contributed by atoms with E-state index in [9.17, 15) is 4.79 Å². The molecule has 0 saturated carbocycles. The number of amides is 1. The molecule has 1 N–H and O–H groups in total. The third-order valence-electron chi connectivity index (χ3n) is 3.49. The van der Waals surface area contributed by atoms with E-state index < -0.39 is 0 Å². The molecular formula is C15H15NO3S. The highest BCUT2D eigenvalue weighted by Crippen LogP contribution is 2.42. The first-order chi connectivity index (χ1) is 9.72. The molecule has 2 heterocycles. The third-order valence-corrected chi connectivity index (χ3v) is 4.52. The summed E-state index contributed by atoms with van der Waals surface area (Å²) >= 11 is 1.67. The molecule has 0 fully saturated rings. The van der Waals surface area contributed by atoms with Crippen LogP contribution in [0.5, 0.6) is 11.5 Å². The van der Waals surface area contributed by atoms with Gasteiger partial charge >= 0.3 is 0 Å². The second-order valence-electron chi connectivity index (χ2n) is 4.62. The minimum atomic E-state index is 0.0516. The quantitative estimate of drug-likeness (QED) is 0.943. The van der Waals surface area contributed by atoms with E-state index in [1.807, 2.05) is 29.6 Å². The monoisotopic (exact) mass is 289 g/mol. The fraction of sp³-hybridized carbons (Fsp3) is 0.267. The first-order valence-corrected chi connectivity index (χ1v) is 7.20. The van der Waals surface area contributed by atoms with E-state index in [4.69, 9.17) is 9.47 Å². The Kier molecular flexibility index (Phi) is 3.36. The van der Waals surface area contributed by atoms with Crippen LogP contribution in [0, 0.1) is 0 Å². The van der Waals surface area contributed by atoms with Gasteiger partial charge in [-0.1, -0.05) is 6.07 Å². The number of benzene rings is 1. The molecular weight excluding hydrogens is 274 g/mol. The van der Waals surface area contributed by atoms with Crippen molar-refractivity contribution in [2.75, 3.05) is 19.5 Å². The molecule has 1 aromatic carbocycles. The standard InChI is InChI=1S/C15H15NO3S/c1-18-12-4-3-9(7-13(12)19-2)10-8-14(17)16-11-5-6-20-15(10)11/h3-7,10H,8H2,1-2H3,(H,16,17)/t10-/m0/s1. The van der Waals surface area contributed by atoms with Crippen LogP contribution < -0.4 is 14.8 Å². The smallest absolute Gasteiger partial charge is 0.225 e. The van der Waals surface area contributed by atoms with Gasteiger partial charge in [0.05, 0.1) is 19.9 Å². The average Bonchev–Trinajstić information content (AvgIpc) is 2.93. The van der Waals surface area contributed by atoms with Gasteiger partial charge in [-0.05, 0) is 29.1 Å². The number of hydrogen-bond donors (Lipinski definition) is 1. The maximum Gasteiger partial charge on any atom is 0.225 e. The number of nitrogens with one attached hydrogen (secondary N) is 1. The maximum atomic E-state index is 11.8. The maximum absolute atomic E-state index is 11.8. The molecule has 1 aliphatic heterocycles. The second kappa shape index (κ2) is 5.17. The number of rotatable bonds is 3. The van der Waals surface area contributed by atoms with Gasteiger partial charge in [-0.3, -0.25) is 4.79 Å². The Morgan fingerprint density at radius 1 is 1.20 bits per heavy atom. The summed E-state index contributed by atoms with van der Waals surface area (Å²) in [5, 5.41) is 4.91. The summed E-state index contributed by atoms with van der Waals surface area (Å²) in [5.41, 5.74) is 1.99. The summed E-state index contributed by atoms with van der Waals surface area (Å²) in [5.74, 6) is 1.52. The van der Waals surface area contributed by atoms with Gasteiger partial charge in [-0.2, -0.15) is 0 Å². The van der Waals surface area contributed by atoms with E-state index in [0.717, 1.165) is 11.3 Å². The topological polar surface area (TPSA) is 47.6 Å². The summed E-state index contributed by atoms with van der Waals surface area (Å²) < 4.78 is 10.6. The molecule has 1 amide bonds. The lowest BCUT2D eigenvalue weighted by atomic mass is 9.90. The van der Waals surface area contributed by atoms with Crippen LogP contribution in [0.4, 0.5) is 5.69 Å². The number of carbonyl (C=O) groups excluding carboxylic acids is 1. The van der Waals surface area contributed by atoms with E-state index >= 15 is 0 Å². The van der Waals surface area contributed by atoms with Crippen molar-refractivity contribution in [3.8, 4) is 11.5 Å². The zero-order chi connectivity index (χ0) is 14.1. The van der Waals surface area contributed by atoms with Crippen molar-refractivity contribution in [2.24, 2.45) is 0 Å². The minimum absolute atomic E-state index is 0.0516. The van der Waals surface area contributed by atoms with Crippen LogP contribution >= 0.6 is 11.3 Å². The van der Waals surface area contributed by atoms with Gasteiger partial charge in [0.15, 0.2) is 11.5 Å². The highest BCUT2D eigenvalue weighted by Gasteiger charge is 2.28. The molecule has 1 aliphatic rings. The van der Waals surface area contributed by atoms with Crippen LogP contribution in [0.1, 0.15) is 22.8 Å². The van der Waals surface area contributed by atoms with E-state index in [0.29, 0.717) is 17.9 Å². The Labute approximate surface area is 121 Å². The molecule has 2 aromatic rings. The van der Waals surface area contributed by atoms with Gasteiger partial charge in [0.1, 0.15) is 0 Å². The number of methoxy groups -OCH3 is 2. The predicted molar refractivity (Wildman–Crippen MR) is 79.0 cm³/mol. The van der Waals surface area contributed by atoms with Crippen molar-refractivity contribution in [1.29, 1.82) is 0 Å². The summed E-state index contributed by atoms with van der Waals surface area (Å²) in [6.45, 7) is 0. The summed E-state index contributed by atoms with van der Waals surface area (Å²) in [4.78, 5) is 13.0. The first-order valence-electron chi connectivity index (χ1n) is 6.32. The normalized spacial score (nSPS) is 17.3. The number of hydrogen-bond acceptors (Lipinski definition) is 4. The number of ether oxygens (including phenoxy) is 2. The van der Waals surface area contributed by atoms with Gasteiger partial charge < -0.3 is 14.8 Å². The SMILES string of the molecule is COc1ccc([C@@H]2CC(=O)Nc3ccsc32)cc1OC. The lowest BCUT2D eigenvalue weighted by Crippen LogP contribution is -2.21. The summed E-state index contributed by atoms with van der Waals surface area (Å²) in [7, 11) is 3.23. The molecule has 4 nitrogen and oxygen atoms in total. The second-order valence-corrected chi connectivity index (χ2v) is 5.57. The Morgan fingerprint density at radius 3 is 2.75 bits per heavy atom. The van der Waals surface area contributed by atoms with Gasteiger partial charge in [0, 0.05) is 17.2 Å². The number of thiophene rings is 1. The van der Waals surface area contributed by atoms with E-state index in [1.54, 1.807) is 25.6 Å². The number of anilines is 1. The molecule has 5 heteroatoms. The minimum Gasteiger partial charge on any atom is -0.493 e. The van der Waals surface area contributed by atoms with Gasteiger partial charge in [0.25, 0.3) is 0 Å². The Morgan fingerprint density at radius 2 is 2.00 bits per heavy atom. The Balaban J connectivity index is 2.04. The molecule has 0 unspecified atom stereocenters. The Bertz CT molecular complexity index is 650. The van der Waals surface area contributed by atoms with Gasteiger partial charge in [-0.25, -0.2) is 0 Å². The molecule has 0 radical (unpaired) electrons. The van der Waals surface area contributed by atoms with Crippen molar-refractivity contribution in [1.82, 2.24) is 0 Å². The molecule has 104 valence electrons. The van der Waals surface area contributed by atoms with Gasteiger partial charge in [0.2, 0.25) is 5.91 Å². The van der Waals surface area contributed by atoms with Crippen molar-refractivity contribution >= 4 is 22.9 Å². The molecule has 3 rings (SSSR count). The van der Waals surface area contributed by atoms with Crippen LogP contribution in [0.25, 0.3) is 0 Å². The van der Waals surface area contributed by atoms with E-state index in [1.165, 1.54) is 4.88 Å². The van der Waals surface area contributed by atoms with E-state index in [-0.39, 0.29) is 11.8 Å². The van der Waals surface area contributed by atoms with Crippen molar-refractivity contribution in [3.05, 3.63) is 40.1 Å². The molecule has 20 heavy (non-hydrogen) atoms. The molecule has 1 atom stereocenters. The van der Waals surface area contributed by atoms with Crippen LogP contribution in [-0.4, -0.2) is 20.1 Å².